The molecule has 0 unspecified atom stereocenters. The molecule has 0 radical (unpaired) electrons. The van der Waals surface area contributed by atoms with Crippen molar-refractivity contribution in [3.05, 3.63) is 42.2 Å². The Hall–Kier alpha value is -1.84. The minimum absolute atomic E-state index is 0.565. The zero-order valence-corrected chi connectivity index (χ0v) is 11.6. The maximum Gasteiger partial charge on any atom is 0.105 e. The van der Waals surface area contributed by atoms with E-state index in [0.717, 1.165) is 24.6 Å². The smallest absolute Gasteiger partial charge is 0.105 e. The summed E-state index contributed by atoms with van der Waals surface area (Å²) < 4.78 is 2.25. The monoisotopic (exact) mass is 256 g/mol. The Morgan fingerprint density at radius 2 is 2.16 bits per heavy atom. The van der Waals surface area contributed by atoms with Crippen molar-refractivity contribution >= 4 is 5.69 Å². The topological polar surface area (TPSA) is 34.0 Å². The molecule has 0 saturated carbocycles. The molecule has 3 heterocycles. The molecule has 0 bridgehead atoms. The Labute approximate surface area is 114 Å². The second kappa shape index (κ2) is 5.03. The molecule has 1 atom stereocenters. The Kier molecular flexibility index (Phi) is 3.23. The van der Waals surface area contributed by atoms with E-state index in [9.17, 15) is 0 Å². The lowest BCUT2D eigenvalue weighted by Crippen LogP contribution is -2.33. The summed E-state index contributed by atoms with van der Waals surface area (Å²) in [7, 11) is 0. The summed E-state index contributed by atoms with van der Waals surface area (Å²) in [4.78, 5) is 11.1. The summed E-state index contributed by atoms with van der Waals surface area (Å²) in [6, 6.07) is 4.86. The van der Waals surface area contributed by atoms with Crippen LogP contribution in [0.3, 0.4) is 0 Å². The van der Waals surface area contributed by atoms with Gasteiger partial charge in [0.1, 0.15) is 5.82 Å². The van der Waals surface area contributed by atoms with Crippen LogP contribution in [0, 0.1) is 13.8 Å². The van der Waals surface area contributed by atoms with E-state index in [4.69, 9.17) is 0 Å². The molecule has 1 saturated heterocycles. The van der Waals surface area contributed by atoms with Crippen molar-refractivity contribution in [2.45, 2.75) is 39.3 Å². The molecule has 0 amide bonds. The number of aryl methyl sites for hydroxylation is 2. The highest BCUT2D eigenvalue weighted by atomic mass is 15.2. The van der Waals surface area contributed by atoms with Gasteiger partial charge in [0.05, 0.1) is 0 Å². The zero-order valence-electron chi connectivity index (χ0n) is 11.6. The number of rotatable bonds is 3. The van der Waals surface area contributed by atoms with Crippen LogP contribution >= 0.6 is 0 Å². The van der Waals surface area contributed by atoms with Crippen LogP contribution in [0.2, 0.25) is 0 Å². The van der Waals surface area contributed by atoms with Crippen molar-refractivity contribution in [3.8, 4) is 0 Å². The van der Waals surface area contributed by atoms with Crippen LogP contribution in [0.15, 0.2) is 30.7 Å². The van der Waals surface area contributed by atoms with Crippen LogP contribution in [0.1, 0.15) is 24.4 Å². The molecule has 3 rings (SSSR count). The summed E-state index contributed by atoms with van der Waals surface area (Å²) in [6.45, 7) is 6.28. The van der Waals surface area contributed by atoms with Gasteiger partial charge >= 0.3 is 0 Å². The van der Waals surface area contributed by atoms with E-state index in [2.05, 4.69) is 51.6 Å². The van der Waals surface area contributed by atoms with E-state index >= 15 is 0 Å². The van der Waals surface area contributed by atoms with Crippen molar-refractivity contribution in [2.75, 3.05) is 11.4 Å². The van der Waals surface area contributed by atoms with Gasteiger partial charge in [0, 0.05) is 49.1 Å². The summed E-state index contributed by atoms with van der Waals surface area (Å²) in [5.41, 5.74) is 2.38. The molecule has 2 aromatic rings. The molecule has 0 N–H and O–H groups in total. The molecule has 0 spiro atoms. The summed E-state index contributed by atoms with van der Waals surface area (Å²) in [5, 5.41) is 0. The fourth-order valence-corrected chi connectivity index (χ4v) is 2.90. The Morgan fingerprint density at radius 3 is 2.89 bits per heavy atom. The van der Waals surface area contributed by atoms with Gasteiger partial charge in [-0.05, 0) is 38.8 Å². The first kappa shape index (κ1) is 12.2. The molecular weight excluding hydrogens is 236 g/mol. The van der Waals surface area contributed by atoms with Crippen LogP contribution < -0.4 is 4.90 Å². The fourth-order valence-electron chi connectivity index (χ4n) is 2.90. The van der Waals surface area contributed by atoms with Crippen molar-refractivity contribution in [2.24, 2.45) is 0 Å². The van der Waals surface area contributed by atoms with Crippen LogP contribution in [-0.4, -0.2) is 27.1 Å². The fraction of sp³-hybridized carbons (Fsp3) is 0.467. The van der Waals surface area contributed by atoms with Gasteiger partial charge in [-0.15, -0.1) is 0 Å². The molecule has 1 aliphatic rings. The average Bonchev–Trinajstić information content (AvgIpc) is 3.00. The third-order valence-electron chi connectivity index (χ3n) is 3.92. The number of nitrogens with zero attached hydrogens (tertiary/aromatic N) is 4. The largest absolute Gasteiger partial charge is 0.367 e. The van der Waals surface area contributed by atoms with Gasteiger partial charge in [0.15, 0.2) is 0 Å². The minimum Gasteiger partial charge on any atom is -0.367 e. The number of anilines is 1. The third-order valence-corrected chi connectivity index (χ3v) is 3.92. The molecule has 2 aromatic heterocycles. The number of hydrogen-bond acceptors (Lipinski definition) is 3. The van der Waals surface area contributed by atoms with E-state index in [1.165, 1.54) is 18.5 Å². The molecule has 100 valence electrons. The molecule has 4 nitrogen and oxygen atoms in total. The first-order valence-corrected chi connectivity index (χ1v) is 6.91. The van der Waals surface area contributed by atoms with Gasteiger partial charge in [0.2, 0.25) is 0 Å². The van der Waals surface area contributed by atoms with Gasteiger partial charge in [-0.2, -0.15) is 0 Å². The maximum absolute atomic E-state index is 4.31. The van der Waals surface area contributed by atoms with Gasteiger partial charge < -0.3 is 9.47 Å². The van der Waals surface area contributed by atoms with E-state index in [1.807, 2.05) is 12.4 Å². The van der Waals surface area contributed by atoms with E-state index in [0.29, 0.717) is 6.04 Å². The van der Waals surface area contributed by atoms with Gasteiger partial charge in [0.25, 0.3) is 0 Å². The SMILES string of the molecule is Cc1cc(N2CCC[C@@H]2Cn2ccnc2C)ccn1. The highest BCUT2D eigenvalue weighted by molar-refractivity contribution is 5.48. The normalized spacial score (nSPS) is 19.1. The number of hydrogen-bond donors (Lipinski definition) is 0. The Morgan fingerprint density at radius 1 is 1.26 bits per heavy atom. The molecular formula is C15H20N4. The van der Waals surface area contributed by atoms with Crippen molar-refractivity contribution in [1.82, 2.24) is 14.5 Å². The Balaban J connectivity index is 1.80. The predicted octanol–water partition coefficient (Wildman–Crippen LogP) is 2.56. The van der Waals surface area contributed by atoms with Crippen LogP contribution in [0.4, 0.5) is 5.69 Å². The first-order valence-electron chi connectivity index (χ1n) is 6.91. The van der Waals surface area contributed by atoms with E-state index in [-0.39, 0.29) is 0 Å². The highest BCUT2D eigenvalue weighted by Crippen LogP contribution is 2.26. The average molecular weight is 256 g/mol. The summed E-state index contributed by atoms with van der Waals surface area (Å²) in [6.07, 6.45) is 8.37. The van der Waals surface area contributed by atoms with E-state index in [1.54, 1.807) is 0 Å². The summed E-state index contributed by atoms with van der Waals surface area (Å²) in [5.74, 6) is 1.10. The lowest BCUT2D eigenvalue weighted by Gasteiger charge is -2.27. The highest BCUT2D eigenvalue weighted by Gasteiger charge is 2.25. The third kappa shape index (κ3) is 2.48. The van der Waals surface area contributed by atoms with Crippen molar-refractivity contribution < 1.29 is 0 Å². The number of pyridine rings is 1. The van der Waals surface area contributed by atoms with Gasteiger partial charge in [-0.25, -0.2) is 4.98 Å². The lowest BCUT2D eigenvalue weighted by atomic mass is 10.2. The second-order valence-electron chi connectivity index (χ2n) is 5.27. The maximum atomic E-state index is 4.31. The van der Waals surface area contributed by atoms with Gasteiger partial charge in [-0.3, -0.25) is 4.98 Å². The predicted molar refractivity (Wildman–Crippen MR) is 76.3 cm³/mol. The van der Waals surface area contributed by atoms with Crippen LogP contribution in [0.5, 0.6) is 0 Å². The van der Waals surface area contributed by atoms with Gasteiger partial charge in [-0.1, -0.05) is 0 Å². The number of aromatic nitrogens is 3. The Bertz CT molecular complexity index is 561. The molecule has 0 aromatic carbocycles. The van der Waals surface area contributed by atoms with Crippen LogP contribution in [0.25, 0.3) is 0 Å². The first-order chi connectivity index (χ1) is 9.24. The zero-order chi connectivity index (χ0) is 13.2. The molecule has 1 aliphatic heterocycles. The van der Waals surface area contributed by atoms with E-state index < -0.39 is 0 Å². The second-order valence-corrected chi connectivity index (χ2v) is 5.27. The summed E-state index contributed by atoms with van der Waals surface area (Å²) >= 11 is 0. The number of imidazole rings is 1. The molecule has 19 heavy (non-hydrogen) atoms. The van der Waals surface area contributed by atoms with Crippen LogP contribution in [-0.2, 0) is 6.54 Å². The minimum atomic E-state index is 0.565. The van der Waals surface area contributed by atoms with Crippen molar-refractivity contribution in [1.29, 1.82) is 0 Å². The molecule has 0 aliphatic carbocycles. The standard InChI is InChI=1S/C15H20N4/c1-12-10-14(5-6-16-12)19-8-3-4-15(19)11-18-9-7-17-13(18)2/h5-7,9-10,15H,3-4,8,11H2,1-2H3/t15-/m1/s1. The lowest BCUT2D eigenvalue weighted by molar-refractivity contribution is 0.540. The van der Waals surface area contributed by atoms with Crippen molar-refractivity contribution in [3.63, 3.8) is 0 Å². The molecule has 4 heteroatoms. The quantitative estimate of drug-likeness (QED) is 0.846. The molecule has 1 fully saturated rings.